The van der Waals surface area contributed by atoms with E-state index in [1.165, 1.54) is 0 Å². The molecule has 2 atom stereocenters. The molecular weight excluding hydrogens is 433 g/mol. The lowest BCUT2D eigenvalue weighted by atomic mass is 9.94. The van der Waals surface area contributed by atoms with E-state index in [4.69, 9.17) is 23.2 Å². The second-order valence-electron chi connectivity index (χ2n) is 5.88. The predicted molar refractivity (Wildman–Crippen MR) is 102 cm³/mol. The van der Waals surface area contributed by atoms with Crippen molar-refractivity contribution in [2.24, 2.45) is 5.92 Å². The zero-order chi connectivity index (χ0) is 17.3. The van der Waals surface area contributed by atoms with Gasteiger partial charge in [0.15, 0.2) is 0 Å². The molecular formula is C17H16BrCl2NO2S. The van der Waals surface area contributed by atoms with Crippen molar-refractivity contribution in [2.75, 3.05) is 13.1 Å². The molecule has 0 aliphatic carbocycles. The summed E-state index contributed by atoms with van der Waals surface area (Å²) in [5.41, 5.74) is 0.960. The first-order chi connectivity index (χ1) is 11.5. The molecule has 1 N–H and O–H groups in total. The van der Waals surface area contributed by atoms with Crippen molar-refractivity contribution < 1.29 is 9.90 Å². The maximum Gasteiger partial charge on any atom is 0.307 e. The van der Waals surface area contributed by atoms with E-state index in [0.717, 1.165) is 33.6 Å². The summed E-state index contributed by atoms with van der Waals surface area (Å²) in [6.07, 6.45) is 1.59. The Morgan fingerprint density at radius 3 is 2.75 bits per heavy atom. The highest BCUT2D eigenvalue weighted by Crippen LogP contribution is 2.40. The first-order valence-corrected chi connectivity index (χ1v) is 9.99. The van der Waals surface area contributed by atoms with Crippen LogP contribution in [0.15, 0.2) is 34.1 Å². The number of benzene rings is 1. The van der Waals surface area contributed by atoms with Crippen molar-refractivity contribution in [3.8, 4) is 0 Å². The summed E-state index contributed by atoms with van der Waals surface area (Å²) < 4.78 is 1.04. The molecule has 128 valence electrons. The van der Waals surface area contributed by atoms with E-state index >= 15 is 0 Å². The summed E-state index contributed by atoms with van der Waals surface area (Å²) in [4.78, 5) is 14.8. The predicted octanol–water partition coefficient (Wildman–Crippen LogP) is 5.70. The Kier molecular flexibility index (Phi) is 5.88. The lowest BCUT2D eigenvalue weighted by molar-refractivity contribution is -0.143. The molecule has 0 radical (unpaired) electrons. The van der Waals surface area contributed by atoms with Crippen LogP contribution in [0.1, 0.15) is 29.3 Å². The SMILES string of the molecule is O=C(O)C1CCCN(C(c2ccc(Br)s2)c2ccc(Cl)cc2Cl)C1. The maximum absolute atomic E-state index is 11.4. The highest BCUT2D eigenvalue weighted by Gasteiger charge is 2.32. The highest BCUT2D eigenvalue weighted by molar-refractivity contribution is 9.11. The van der Waals surface area contributed by atoms with Crippen LogP contribution in [0.4, 0.5) is 0 Å². The van der Waals surface area contributed by atoms with Gasteiger partial charge in [-0.1, -0.05) is 29.3 Å². The van der Waals surface area contributed by atoms with Gasteiger partial charge in [0.25, 0.3) is 0 Å². The molecule has 2 heterocycles. The molecule has 7 heteroatoms. The second kappa shape index (κ2) is 7.75. The van der Waals surface area contributed by atoms with Crippen molar-refractivity contribution in [2.45, 2.75) is 18.9 Å². The van der Waals surface area contributed by atoms with Crippen molar-refractivity contribution in [1.29, 1.82) is 0 Å². The fourth-order valence-electron chi connectivity index (χ4n) is 3.17. The number of aliphatic carboxylic acids is 1. The van der Waals surface area contributed by atoms with Crippen LogP contribution in [0.25, 0.3) is 0 Å². The van der Waals surface area contributed by atoms with Gasteiger partial charge >= 0.3 is 5.97 Å². The largest absolute Gasteiger partial charge is 0.481 e. The van der Waals surface area contributed by atoms with E-state index in [0.29, 0.717) is 16.6 Å². The van der Waals surface area contributed by atoms with E-state index in [1.54, 1.807) is 17.4 Å². The van der Waals surface area contributed by atoms with E-state index in [2.05, 4.69) is 26.9 Å². The van der Waals surface area contributed by atoms with Gasteiger partial charge in [-0.25, -0.2) is 0 Å². The van der Waals surface area contributed by atoms with Crippen LogP contribution >= 0.6 is 50.5 Å². The van der Waals surface area contributed by atoms with Crippen LogP contribution in [-0.2, 0) is 4.79 Å². The zero-order valence-corrected chi connectivity index (χ0v) is 16.6. The van der Waals surface area contributed by atoms with Gasteiger partial charge < -0.3 is 5.11 Å². The summed E-state index contributed by atoms with van der Waals surface area (Å²) in [7, 11) is 0. The number of nitrogens with zero attached hydrogens (tertiary/aromatic N) is 1. The molecule has 0 spiro atoms. The Labute approximate surface area is 163 Å². The minimum atomic E-state index is -0.729. The van der Waals surface area contributed by atoms with Gasteiger partial charge in [0, 0.05) is 21.5 Å². The Morgan fingerprint density at radius 2 is 2.12 bits per heavy atom. The van der Waals surface area contributed by atoms with Gasteiger partial charge in [-0.2, -0.15) is 0 Å². The normalized spacial score (nSPS) is 20.0. The molecule has 0 amide bonds. The van der Waals surface area contributed by atoms with Crippen molar-refractivity contribution in [3.05, 3.63) is 54.6 Å². The molecule has 0 saturated carbocycles. The Hall–Kier alpha value is -0.590. The number of piperidine rings is 1. The standard InChI is InChI=1S/C17H16BrCl2NO2S/c18-15-6-5-14(24-15)16(12-4-3-11(19)8-13(12)20)21-7-1-2-10(9-21)17(22)23/h3-6,8,10,16H,1-2,7,9H2,(H,22,23). The van der Waals surface area contributed by atoms with Gasteiger partial charge in [-0.15, -0.1) is 11.3 Å². The number of thiophene rings is 1. The van der Waals surface area contributed by atoms with Gasteiger partial charge in [-0.3, -0.25) is 9.69 Å². The van der Waals surface area contributed by atoms with Crippen LogP contribution in [0.2, 0.25) is 10.0 Å². The number of rotatable bonds is 4. The monoisotopic (exact) mass is 447 g/mol. The molecule has 1 fully saturated rings. The van der Waals surface area contributed by atoms with E-state index < -0.39 is 5.97 Å². The topological polar surface area (TPSA) is 40.5 Å². The van der Waals surface area contributed by atoms with Crippen molar-refractivity contribution in [3.63, 3.8) is 0 Å². The summed E-state index contributed by atoms with van der Waals surface area (Å²) in [5, 5.41) is 10.6. The quantitative estimate of drug-likeness (QED) is 0.651. The van der Waals surface area contributed by atoms with Crippen LogP contribution in [0, 0.1) is 5.92 Å². The van der Waals surface area contributed by atoms with Crippen molar-refractivity contribution in [1.82, 2.24) is 4.90 Å². The molecule has 2 unspecified atom stereocenters. The Bertz CT molecular complexity index is 752. The molecule has 1 saturated heterocycles. The smallest absolute Gasteiger partial charge is 0.307 e. The molecule has 0 bridgehead atoms. The second-order valence-corrected chi connectivity index (χ2v) is 9.22. The Balaban J connectivity index is 2.00. The first-order valence-electron chi connectivity index (χ1n) is 7.62. The number of likely N-dealkylation sites (tertiary alicyclic amines) is 1. The molecule has 1 aliphatic heterocycles. The van der Waals surface area contributed by atoms with Crippen molar-refractivity contribution >= 4 is 56.4 Å². The van der Waals surface area contributed by atoms with E-state index in [-0.39, 0.29) is 12.0 Å². The third kappa shape index (κ3) is 3.97. The highest BCUT2D eigenvalue weighted by atomic mass is 79.9. The molecule has 1 aromatic heterocycles. The zero-order valence-electron chi connectivity index (χ0n) is 12.7. The summed E-state index contributed by atoms with van der Waals surface area (Å²) in [6.45, 7) is 1.37. The van der Waals surface area contributed by atoms with Crippen LogP contribution in [-0.4, -0.2) is 29.1 Å². The molecule has 2 aromatic rings. The summed E-state index contributed by atoms with van der Waals surface area (Å²) in [5.74, 6) is -1.07. The fourth-order valence-corrected chi connectivity index (χ4v) is 5.26. The minimum absolute atomic E-state index is 0.0618. The number of carboxylic acids is 1. The average molecular weight is 449 g/mol. The molecule has 3 rings (SSSR count). The van der Waals surface area contributed by atoms with Gasteiger partial charge in [0.05, 0.1) is 15.7 Å². The number of carboxylic acid groups (broad SMARTS) is 1. The number of hydrogen-bond acceptors (Lipinski definition) is 3. The molecule has 1 aromatic carbocycles. The summed E-state index contributed by atoms with van der Waals surface area (Å²) in [6, 6.07) is 9.52. The van der Waals surface area contributed by atoms with Crippen LogP contribution in [0.3, 0.4) is 0 Å². The third-order valence-electron chi connectivity index (χ3n) is 4.29. The van der Waals surface area contributed by atoms with Gasteiger partial charge in [-0.05, 0) is 65.1 Å². The van der Waals surface area contributed by atoms with Gasteiger partial charge in [0.1, 0.15) is 0 Å². The van der Waals surface area contributed by atoms with E-state index in [1.807, 2.05) is 18.2 Å². The molecule has 3 nitrogen and oxygen atoms in total. The molecule has 1 aliphatic rings. The maximum atomic E-state index is 11.4. The summed E-state index contributed by atoms with van der Waals surface area (Å²) >= 11 is 17.7. The first kappa shape index (κ1) is 18.2. The average Bonchev–Trinajstić information content (AvgIpc) is 2.96. The van der Waals surface area contributed by atoms with E-state index in [9.17, 15) is 9.90 Å². The minimum Gasteiger partial charge on any atom is -0.481 e. The Morgan fingerprint density at radius 1 is 1.33 bits per heavy atom. The lowest BCUT2D eigenvalue weighted by Gasteiger charge is -2.37. The number of hydrogen-bond donors (Lipinski definition) is 1. The molecule has 24 heavy (non-hydrogen) atoms. The number of halogens is 3. The number of carbonyl (C=O) groups is 1. The van der Waals surface area contributed by atoms with Crippen LogP contribution < -0.4 is 0 Å². The van der Waals surface area contributed by atoms with Gasteiger partial charge in [0.2, 0.25) is 0 Å². The van der Waals surface area contributed by atoms with Crippen LogP contribution in [0.5, 0.6) is 0 Å². The third-order valence-corrected chi connectivity index (χ3v) is 6.53. The fraction of sp³-hybridized carbons (Fsp3) is 0.353. The lowest BCUT2D eigenvalue weighted by Crippen LogP contribution is -2.41.